The molecule has 0 unspecified atom stereocenters. The monoisotopic (exact) mass is 413 g/mol. The first-order valence-electron chi connectivity index (χ1n) is 8.34. The summed E-state index contributed by atoms with van der Waals surface area (Å²) >= 11 is -0.175. The molecule has 130 valence electrons. The summed E-state index contributed by atoms with van der Waals surface area (Å²) in [6.07, 6.45) is 0. The first-order chi connectivity index (χ1) is 11.9. The molecule has 0 aliphatic carbocycles. The molecule has 5 heteroatoms. The average molecular weight is 413 g/mol. The molecule has 0 amide bonds. The Morgan fingerprint density at radius 2 is 1.52 bits per heavy atom. The van der Waals surface area contributed by atoms with E-state index >= 15 is 0 Å². The van der Waals surface area contributed by atoms with E-state index in [2.05, 4.69) is 74.1 Å². The van der Waals surface area contributed by atoms with Crippen molar-refractivity contribution in [1.82, 2.24) is 4.90 Å². The summed E-state index contributed by atoms with van der Waals surface area (Å²) in [6, 6.07) is 18.9. The predicted molar refractivity (Wildman–Crippen MR) is 108 cm³/mol. The number of ether oxygens (including phenoxy) is 1. The van der Waals surface area contributed by atoms with Gasteiger partial charge in [-0.15, -0.1) is 0 Å². The number of rotatable bonds is 5. The number of methoxy groups -OCH3 is 1. The van der Waals surface area contributed by atoms with Gasteiger partial charge in [0.15, 0.2) is 0 Å². The molecule has 0 atom stereocenters. The standard InChI is InChI=1S/C20H24AsNO2Si/c1-22-18(15-11-13-17(23-2)14-12-15)20(24-25(3,4)5)21-19(22)16-9-7-6-8-10-16/h6-14H,1-5H3. The van der Waals surface area contributed by atoms with Crippen molar-refractivity contribution < 1.29 is 9.16 Å². The third-order valence-electron chi connectivity index (χ3n) is 3.86. The number of hydrogen-bond acceptors (Lipinski definition) is 3. The number of benzene rings is 2. The zero-order chi connectivity index (χ0) is 18.0. The molecule has 1 aliphatic heterocycles. The Balaban J connectivity index is 2.04. The molecule has 0 radical (unpaired) electrons. The van der Waals surface area contributed by atoms with Crippen molar-refractivity contribution >= 4 is 33.8 Å². The third kappa shape index (κ3) is 4.08. The van der Waals surface area contributed by atoms with Crippen molar-refractivity contribution in [3.05, 3.63) is 70.3 Å². The zero-order valence-electron chi connectivity index (χ0n) is 15.4. The Morgan fingerprint density at radius 1 is 0.880 bits per heavy atom. The van der Waals surface area contributed by atoms with Gasteiger partial charge in [0.1, 0.15) is 0 Å². The molecule has 3 nitrogen and oxygen atoms in total. The minimum absolute atomic E-state index is 0.175. The van der Waals surface area contributed by atoms with Gasteiger partial charge in [-0.25, -0.2) is 0 Å². The molecule has 0 saturated carbocycles. The second kappa shape index (κ2) is 7.23. The van der Waals surface area contributed by atoms with Gasteiger partial charge in [0.05, 0.1) is 0 Å². The summed E-state index contributed by atoms with van der Waals surface area (Å²) < 4.78 is 14.4. The fourth-order valence-corrected chi connectivity index (χ4v) is 7.80. The zero-order valence-corrected chi connectivity index (χ0v) is 18.3. The maximum absolute atomic E-state index is 6.51. The molecular weight excluding hydrogens is 389 g/mol. The Labute approximate surface area is 157 Å². The Morgan fingerprint density at radius 3 is 2.08 bits per heavy atom. The van der Waals surface area contributed by atoms with Crippen LogP contribution in [-0.2, 0) is 4.43 Å². The third-order valence-corrected chi connectivity index (χ3v) is 7.73. The van der Waals surface area contributed by atoms with Crippen LogP contribution < -0.4 is 4.74 Å². The van der Waals surface area contributed by atoms with Gasteiger partial charge in [0.2, 0.25) is 0 Å². The van der Waals surface area contributed by atoms with Crippen LogP contribution in [0.25, 0.3) is 5.70 Å². The average Bonchev–Trinajstić information content (AvgIpc) is 2.90. The summed E-state index contributed by atoms with van der Waals surface area (Å²) in [5.74, 6) is 0.873. The van der Waals surface area contributed by atoms with Crippen LogP contribution in [-0.4, -0.2) is 47.1 Å². The van der Waals surface area contributed by atoms with Gasteiger partial charge in [-0.1, -0.05) is 0 Å². The van der Waals surface area contributed by atoms with E-state index in [0.717, 1.165) is 5.75 Å². The summed E-state index contributed by atoms with van der Waals surface area (Å²) in [4.78, 5) is 2.31. The van der Waals surface area contributed by atoms with Crippen molar-refractivity contribution in [1.29, 1.82) is 0 Å². The van der Waals surface area contributed by atoms with Crippen molar-refractivity contribution in [3.63, 3.8) is 0 Å². The van der Waals surface area contributed by atoms with E-state index in [9.17, 15) is 0 Å². The van der Waals surface area contributed by atoms with Crippen LogP contribution in [0.5, 0.6) is 5.75 Å². The molecule has 2 aromatic carbocycles. The van der Waals surface area contributed by atoms with Crippen LogP contribution in [0, 0.1) is 0 Å². The first-order valence-corrected chi connectivity index (χ1v) is 13.6. The van der Waals surface area contributed by atoms with Gasteiger partial charge < -0.3 is 0 Å². The summed E-state index contributed by atoms with van der Waals surface area (Å²) in [6.45, 7) is 6.73. The van der Waals surface area contributed by atoms with Crippen LogP contribution >= 0.6 is 0 Å². The van der Waals surface area contributed by atoms with Gasteiger partial charge in [-0.05, 0) is 0 Å². The molecule has 1 heterocycles. The van der Waals surface area contributed by atoms with Crippen molar-refractivity contribution in [2.24, 2.45) is 0 Å². The second-order valence-electron chi connectivity index (χ2n) is 6.96. The molecule has 2 aromatic rings. The number of nitrogens with zero attached hydrogens (tertiary/aromatic N) is 1. The van der Waals surface area contributed by atoms with E-state index in [1.165, 1.54) is 25.8 Å². The van der Waals surface area contributed by atoms with E-state index in [4.69, 9.17) is 9.16 Å². The van der Waals surface area contributed by atoms with E-state index in [0.29, 0.717) is 0 Å². The Kier molecular flexibility index (Phi) is 5.21. The quantitative estimate of drug-likeness (QED) is 0.692. The van der Waals surface area contributed by atoms with E-state index in [1.807, 2.05) is 12.1 Å². The molecule has 0 N–H and O–H groups in total. The van der Waals surface area contributed by atoms with Crippen LogP contribution in [0.2, 0.25) is 19.6 Å². The molecule has 0 bridgehead atoms. The van der Waals surface area contributed by atoms with Gasteiger partial charge in [-0.3, -0.25) is 0 Å². The van der Waals surface area contributed by atoms with Gasteiger partial charge in [0.25, 0.3) is 0 Å². The maximum atomic E-state index is 6.51. The molecule has 0 aromatic heterocycles. The normalized spacial score (nSPS) is 15.2. The summed E-state index contributed by atoms with van der Waals surface area (Å²) in [5.41, 5.74) is 3.66. The molecular formula is C20H24AsNO2Si. The molecule has 0 saturated heterocycles. The first kappa shape index (κ1) is 18.0. The molecule has 25 heavy (non-hydrogen) atoms. The van der Waals surface area contributed by atoms with Gasteiger partial charge in [-0.2, -0.15) is 0 Å². The Hall–Kier alpha value is -1.77. The Bertz CT molecular complexity index is 808. The van der Waals surface area contributed by atoms with Gasteiger partial charge >= 0.3 is 158 Å². The van der Waals surface area contributed by atoms with Crippen LogP contribution in [0.1, 0.15) is 11.1 Å². The SMILES string of the molecule is COc1ccc(C2=C(O[Si](C)(C)C)[As]=C(c3ccccc3)N2C)cc1. The molecule has 1 aliphatic rings. The van der Waals surface area contributed by atoms with Crippen LogP contribution in [0.3, 0.4) is 0 Å². The molecule has 3 rings (SSSR count). The minimum atomic E-state index is -1.67. The van der Waals surface area contributed by atoms with Crippen LogP contribution in [0.4, 0.5) is 0 Å². The van der Waals surface area contributed by atoms with Crippen molar-refractivity contribution in [2.75, 3.05) is 14.2 Å². The predicted octanol–water partition coefficient (Wildman–Crippen LogP) is 4.00. The van der Waals surface area contributed by atoms with Crippen molar-refractivity contribution in [2.45, 2.75) is 19.6 Å². The van der Waals surface area contributed by atoms with E-state index in [1.54, 1.807) is 7.11 Å². The fourth-order valence-electron chi connectivity index (χ4n) is 2.75. The van der Waals surface area contributed by atoms with E-state index < -0.39 is 8.32 Å². The van der Waals surface area contributed by atoms with Gasteiger partial charge in [0, 0.05) is 0 Å². The van der Waals surface area contributed by atoms with Crippen LogP contribution in [0.15, 0.2) is 59.1 Å². The van der Waals surface area contributed by atoms with E-state index in [-0.39, 0.29) is 15.3 Å². The topological polar surface area (TPSA) is 21.7 Å². The summed E-state index contributed by atoms with van der Waals surface area (Å²) in [7, 11) is 2.17. The second-order valence-corrected chi connectivity index (χ2v) is 13.6. The molecule has 0 fully saturated rings. The number of hydrogen-bond donors (Lipinski definition) is 0. The fraction of sp³-hybridized carbons (Fsp3) is 0.250. The molecule has 0 spiro atoms. The van der Waals surface area contributed by atoms with Crippen molar-refractivity contribution in [3.8, 4) is 5.75 Å². The summed E-state index contributed by atoms with van der Waals surface area (Å²) in [5, 5.41) is 0.